The number of rotatable bonds is 8. The van der Waals surface area contributed by atoms with Crippen molar-refractivity contribution in [2.75, 3.05) is 46.8 Å². The number of amides is 2. The van der Waals surface area contributed by atoms with Crippen molar-refractivity contribution in [3.8, 4) is 0 Å². The summed E-state index contributed by atoms with van der Waals surface area (Å²) < 4.78 is 6.03. The predicted molar refractivity (Wildman–Crippen MR) is 135 cm³/mol. The summed E-state index contributed by atoms with van der Waals surface area (Å²) in [7, 11) is 3.41. The van der Waals surface area contributed by atoms with Crippen molar-refractivity contribution in [1.82, 2.24) is 19.7 Å². The molecule has 188 valence electrons. The van der Waals surface area contributed by atoms with Gasteiger partial charge in [-0.3, -0.25) is 14.5 Å². The van der Waals surface area contributed by atoms with Crippen molar-refractivity contribution in [1.29, 1.82) is 0 Å². The van der Waals surface area contributed by atoms with Gasteiger partial charge in [-0.15, -0.1) is 0 Å². The van der Waals surface area contributed by atoms with Gasteiger partial charge in [-0.2, -0.15) is 0 Å². The number of carbonyl (C=O) groups is 2. The fourth-order valence-electron chi connectivity index (χ4n) is 4.57. The number of nitrogens with zero attached hydrogens (tertiary/aromatic N) is 4. The molecule has 0 saturated carbocycles. The molecule has 3 heterocycles. The van der Waals surface area contributed by atoms with E-state index in [0.717, 1.165) is 47.2 Å². The van der Waals surface area contributed by atoms with Crippen LogP contribution in [0.3, 0.4) is 0 Å². The zero-order valence-corrected chi connectivity index (χ0v) is 20.4. The Kier molecular flexibility index (Phi) is 7.44. The Labute approximate surface area is 205 Å². The Morgan fingerprint density at radius 3 is 2.69 bits per heavy atom. The first kappa shape index (κ1) is 24.8. The van der Waals surface area contributed by atoms with Crippen LogP contribution in [0.1, 0.15) is 34.5 Å². The van der Waals surface area contributed by atoms with Crippen molar-refractivity contribution >= 4 is 28.4 Å². The monoisotopic (exact) mass is 481 g/mol. The van der Waals surface area contributed by atoms with E-state index in [0.29, 0.717) is 38.4 Å². The van der Waals surface area contributed by atoms with Gasteiger partial charge < -0.3 is 30.7 Å². The van der Waals surface area contributed by atoms with Crippen LogP contribution in [-0.2, 0) is 11.3 Å². The van der Waals surface area contributed by atoms with Crippen molar-refractivity contribution in [2.45, 2.75) is 25.4 Å². The second-order valence-electron chi connectivity index (χ2n) is 9.48. The average molecular weight is 482 g/mol. The minimum Gasteiger partial charge on any atom is -0.451 e. The highest BCUT2D eigenvalue weighted by Gasteiger charge is 2.26. The minimum absolute atomic E-state index is 0.0505. The van der Waals surface area contributed by atoms with Gasteiger partial charge in [-0.05, 0) is 35.8 Å². The molecule has 0 atom stereocenters. The first-order valence-corrected chi connectivity index (χ1v) is 11.9. The SMILES string of the molecule is CN(C)C(=O)c1cc2cc(C3=CCCN(C(=O)CCN(N)/C=C\N)C3)cc(CN3CC(N)C3)c2o1. The van der Waals surface area contributed by atoms with Crippen molar-refractivity contribution in [3.63, 3.8) is 0 Å². The topological polar surface area (TPSA) is 138 Å². The van der Waals surface area contributed by atoms with Crippen LogP contribution in [0.2, 0.25) is 0 Å². The van der Waals surface area contributed by atoms with Crippen LogP contribution in [0.5, 0.6) is 0 Å². The van der Waals surface area contributed by atoms with Crippen LogP contribution in [0.25, 0.3) is 16.5 Å². The molecule has 10 heteroatoms. The summed E-state index contributed by atoms with van der Waals surface area (Å²) in [6, 6.07) is 6.16. The second-order valence-corrected chi connectivity index (χ2v) is 9.48. The fraction of sp³-hybridized carbons (Fsp3) is 0.440. The molecule has 35 heavy (non-hydrogen) atoms. The molecule has 1 aromatic heterocycles. The van der Waals surface area contributed by atoms with E-state index in [1.165, 1.54) is 22.3 Å². The van der Waals surface area contributed by atoms with E-state index in [1.807, 2.05) is 11.0 Å². The van der Waals surface area contributed by atoms with Gasteiger partial charge in [0, 0.05) is 89.2 Å². The molecule has 2 amide bonds. The van der Waals surface area contributed by atoms with Crippen LogP contribution in [0.4, 0.5) is 0 Å². The molecule has 1 saturated heterocycles. The van der Waals surface area contributed by atoms with Gasteiger partial charge in [0.15, 0.2) is 5.76 Å². The number of hydrogen-bond donors (Lipinski definition) is 3. The van der Waals surface area contributed by atoms with Gasteiger partial charge >= 0.3 is 0 Å². The van der Waals surface area contributed by atoms with Gasteiger partial charge in [-0.25, -0.2) is 5.84 Å². The van der Waals surface area contributed by atoms with E-state index in [1.54, 1.807) is 20.2 Å². The van der Waals surface area contributed by atoms with E-state index in [2.05, 4.69) is 17.0 Å². The molecule has 2 aliphatic rings. The van der Waals surface area contributed by atoms with E-state index >= 15 is 0 Å². The minimum atomic E-state index is -0.174. The molecular formula is C25H35N7O3. The summed E-state index contributed by atoms with van der Waals surface area (Å²) in [6.45, 7) is 3.95. The highest BCUT2D eigenvalue weighted by atomic mass is 16.3. The highest BCUT2D eigenvalue weighted by molar-refractivity contribution is 5.97. The Morgan fingerprint density at radius 2 is 2.00 bits per heavy atom. The molecule has 2 aliphatic heterocycles. The number of furan rings is 1. The zero-order valence-electron chi connectivity index (χ0n) is 20.4. The number of carbonyl (C=O) groups excluding carboxylic acids is 2. The lowest BCUT2D eigenvalue weighted by Crippen LogP contribution is -2.54. The molecule has 4 rings (SSSR count). The van der Waals surface area contributed by atoms with Crippen LogP contribution < -0.4 is 17.3 Å². The first-order chi connectivity index (χ1) is 16.7. The van der Waals surface area contributed by atoms with Crippen molar-refractivity contribution in [2.24, 2.45) is 17.3 Å². The summed E-state index contributed by atoms with van der Waals surface area (Å²) in [5.74, 6) is 5.98. The maximum Gasteiger partial charge on any atom is 0.289 e. The normalized spacial score (nSPS) is 17.0. The average Bonchev–Trinajstić information content (AvgIpc) is 3.25. The Hall–Kier alpha value is -3.34. The molecule has 1 aromatic carbocycles. The Morgan fingerprint density at radius 1 is 1.23 bits per heavy atom. The Balaban J connectivity index is 1.58. The van der Waals surface area contributed by atoms with E-state index in [4.69, 9.17) is 21.7 Å². The summed E-state index contributed by atoms with van der Waals surface area (Å²) >= 11 is 0. The molecule has 0 spiro atoms. The van der Waals surface area contributed by atoms with Crippen LogP contribution in [0, 0.1) is 0 Å². The van der Waals surface area contributed by atoms with Gasteiger partial charge in [0.05, 0.1) is 0 Å². The largest absolute Gasteiger partial charge is 0.451 e. The number of nitrogens with two attached hydrogens (primary N) is 3. The van der Waals surface area contributed by atoms with Crippen molar-refractivity contribution in [3.05, 3.63) is 53.6 Å². The van der Waals surface area contributed by atoms with Crippen molar-refractivity contribution < 1.29 is 14.0 Å². The number of fused-ring (bicyclic) bond motifs is 1. The highest BCUT2D eigenvalue weighted by Crippen LogP contribution is 2.32. The molecule has 0 bridgehead atoms. The van der Waals surface area contributed by atoms with Gasteiger partial charge in [0.1, 0.15) is 5.58 Å². The molecular weight excluding hydrogens is 446 g/mol. The third kappa shape index (κ3) is 5.67. The molecule has 0 radical (unpaired) electrons. The lowest BCUT2D eigenvalue weighted by molar-refractivity contribution is -0.130. The lowest BCUT2D eigenvalue weighted by atomic mass is 9.96. The van der Waals surface area contributed by atoms with Crippen LogP contribution in [0.15, 0.2) is 41.1 Å². The Bertz CT molecular complexity index is 1150. The molecule has 2 aromatic rings. The van der Waals surface area contributed by atoms with Gasteiger partial charge in [0.2, 0.25) is 5.91 Å². The van der Waals surface area contributed by atoms with E-state index < -0.39 is 0 Å². The van der Waals surface area contributed by atoms with E-state index in [9.17, 15) is 9.59 Å². The second kappa shape index (κ2) is 10.5. The zero-order chi connectivity index (χ0) is 25.1. The molecule has 6 N–H and O–H groups in total. The summed E-state index contributed by atoms with van der Waals surface area (Å²) in [5.41, 5.74) is 15.2. The lowest BCUT2D eigenvalue weighted by Gasteiger charge is -2.36. The summed E-state index contributed by atoms with van der Waals surface area (Å²) in [5, 5.41) is 2.29. The number of hydrazine groups is 1. The van der Waals surface area contributed by atoms with E-state index in [-0.39, 0.29) is 17.9 Å². The first-order valence-electron chi connectivity index (χ1n) is 11.9. The third-order valence-corrected chi connectivity index (χ3v) is 6.43. The summed E-state index contributed by atoms with van der Waals surface area (Å²) in [6.07, 6.45) is 6.16. The molecule has 10 nitrogen and oxygen atoms in total. The third-order valence-electron chi connectivity index (χ3n) is 6.43. The molecule has 0 unspecified atom stereocenters. The maximum atomic E-state index is 12.8. The maximum absolute atomic E-state index is 12.8. The number of benzene rings is 1. The van der Waals surface area contributed by atoms with Crippen LogP contribution in [-0.4, -0.2) is 84.4 Å². The molecule has 1 fully saturated rings. The van der Waals surface area contributed by atoms with Gasteiger partial charge in [0.25, 0.3) is 5.91 Å². The summed E-state index contributed by atoms with van der Waals surface area (Å²) in [4.78, 5) is 31.0. The number of likely N-dealkylation sites (tertiary alicyclic amines) is 1. The van der Waals surface area contributed by atoms with Gasteiger partial charge in [-0.1, -0.05) is 6.08 Å². The smallest absolute Gasteiger partial charge is 0.289 e. The quantitative estimate of drug-likeness (QED) is 0.373. The standard InChI is InChI=1S/C25H35N7O3/c1-29(2)25(34)22-12-19-10-18(11-20(24(19)35-22)13-30-15-21(27)16-30)17-4-3-7-31(14-17)23(33)5-8-32(28)9-6-26/h4,6,9-12,21H,3,5,7-8,13-16,26-28H2,1-2H3/b9-6-. The predicted octanol–water partition coefficient (Wildman–Crippen LogP) is 0.889. The van der Waals surface area contributed by atoms with Crippen LogP contribution >= 0.6 is 0 Å². The number of hydrogen-bond acceptors (Lipinski definition) is 8. The fourth-order valence-corrected chi connectivity index (χ4v) is 4.57. The molecule has 0 aliphatic carbocycles.